The molecule has 2 amide bonds. The van der Waals surface area contributed by atoms with Crippen LogP contribution in [0.5, 0.6) is 0 Å². The lowest BCUT2D eigenvalue weighted by molar-refractivity contribution is -0.150. The molecule has 1 fully saturated rings. The van der Waals surface area contributed by atoms with Crippen molar-refractivity contribution in [3.63, 3.8) is 0 Å². The molecule has 2 aliphatic rings. The number of alkyl carbamates (subject to hydrolysis) is 1. The van der Waals surface area contributed by atoms with Crippen LogP contribution in [0.4, 0.5) is 4.79 Å². The van der Waals surface area contributed by atoms with Gasteiger partial charge in [-0.15, -0.1) is 0 Å². The van der Waals surface area contributed by atoms with E-state index in [9.17, 15) is 19.5 Å². The molecule has 0 radical (unpaired) electrons. The van der Waals surface area contributed by atoms with Crippen LogP contribution in [-0.2, 0) is 19.1 Å². The Kier molecular flexibility index (Phi) is 6.37. The van der Waals surface area contributed by atoms with E-state index in [1.165, 1.54) is 14.0 Å². The van der Waals surface area contributed by atoms with Crippen molar-refractivity contribution in [2.24, 2.45) is 5.92 Å². The molecule has 33 heavy (non-hydrogen) atoms. The number of carbonyl (C=O) groups excluding carboxylic acids is 2. The summed E-state index contributed by atoms with van der Waals surface area (Å²) < 4.78 is 10.5. The minimum absolute atomic E-state index is 0.0162. The first-order valence-electron chi connectivity index (χ1n) is 11.0. The predicted molar refractivity (Wildman–Crippen MR) is 121 cm³/mol. The Morgan fingerprint density at radius 1 is 1.03 bits per heavy atom. The number of ether oxygens (including phenoxy) is 2. The second kappa shape index (κ2) is 9.23. The van der Waals surface area contributed by atoms with E-state index >= 15 is 0 Å². The lowest BCUT2D eigenvalue weighted by atomic mass is 9.79. The molecule has 1 atom stereocenters. The Morgan fingerprint density at radius 3 is 2.15 bits per heavy atom. The van der Waals surface area contributed by atoms with E-state index < -0.39 is 17.6 Å². The summed E-state index contributed by atoms with van der Waals surface area (Å²) in [5.41, 5.74) is 3.12. The first-order chi connectivity index (χ1) is 15.8. The number of carboxylic acid groups (broad SMARTS) is 1. The Morgan fingerprint density at radius 2 is 1.61 bits per heavy atom. The maximum atomic E-state index is 12.4. The van der Waals surface area contributed by atoms with Crippen LogP contribution in [0.2, 0.25) is 0 Å². The topological polar surface area (TPSA) is 114 Å². The van der Waals surface area contributed by atoms with Crippen molar-refractivity contribution in [1.82, 2.24) is 10.6 Å². The van der Waals surface area contributed by atoms with Gasteiger partial charge in [0, 0.05) is 25.0 Å². The zero-order valence-corrected chi connectivity index (χ0v) is 18.7. The molecule has 0 saturated heterocycles. The highest BCUT2D eigenvalue weighted by atomic mass is 16.5. The predicted octanol–water partition coefficient (Wildman–Crippen LogP) is 2.91. The van der Waals surface area contributed by atoms with Gasteiger partial charge >= 0.3 is 12.1 Å². The van der Waals surface area contributed by atoms with Crippen LogP contribution in [0.15, 0.2) is 48.5 Å². The molecule has 0 heterocycles. The minimum atomic E-state index is -1.49. The maximum Gasteiger partial charge on any atom is 0.407 e. The fourth-order valence-electron chi connectivity index (χ4n) is 4.57. The van der Waals surface area contributed by atoms with Gasteiger partial charge in [-0.2, -0.15) is 0 Å². The molecule has 3 N–H and O–H groups in total. The Hall–Kier alpha value is -3.39. The van der Waals surface area contributed by atoms with Crippen LogP contribution in [-0.4, -0.2) is 55.0 Å². The third-order valence-electron chi connectivity index (χ3n) is 6.48. The van der Waals surface area contributed by atoms with E-state index in [-0.39, 0.29) is 37.0 Å². The van der Waals surface area contributed by atoms with Gasteiger partial charge in [-0.1, -0.05) is 48.5 Å². The fraction of sp³-hybridized carbons (Fsp3) is 0.400. The molecule has 1 unspecified atom stereocenters. The standard InChI is InChI=1S/C25H28N2O6/c1-25(14-32-2,23(29)30)27-22(28)15-11-16(12-15)26-24(31)33-13-21-19-9-5-3-7-17(19)18-8-4-6-10-20(18)21/h3-10,15-16,21H,11-14H2,1-2H3,(H,26,31)(H,27,28)(H,29,30). The lowest BCUT2D eigenvalue weighted by Gasteiger charge is -2.36. The largest absolute Gasteiger partial charge is 0.479 e. The number of hydrogen-bond acceptors (Lipinski definition) is 5. The number of rotatable bonds is 8. The van der Waals surface area contributed by atoms with Crippen LogP contribution in [0.25, 0.3) is 11.1 Å². The van der Waals surface area contributed by atoms with E-state index in [0.29, 0.717) is 12.8 Å². The molecule has 8 nitrogen and oxygen atoms in total. The monoisotopic (exact) mass is 452 g/mol. The highest BCUT2D eigenvalue weighted by Gasteiger charge is 2.41. The normalized spacial score (nSPS) is 20.5. The highest BCUT2D eigenvalue weighted by molar-refractivity contribution is 5.88. The van der Waals surface area contributed by atoms with Crippen LogP contribution < -0.4 is 10.6 Å². The van der Waals surface area contributed by atoms with Gasteiger partial charge in [0.15, 0.2) is 5.54 Å². The molecular weight excluding hydrogens is 424 g/mol. The molecule has 0 aromatic heterocycles. The third kappa shape index (κ3) is 4.57. The van der Waals surface area contributed by atoms with Crippen molar-refractivity contribution in [3.05, 3.63) is 59.7 Å². The summed E-state index contributed by atoms with van der Waals surface area (Å²) in [6.07, 6.45) is 0.340. The summed E-state index contributed by atoms with van der Waals surface area (Å²) in [6, 6.07) is 16.1. The summed E-state index contributed by atoms with van der Waals surface area (Å²) in [5.74, 6) is -1.90. The molecule has 0 aliphatic heterocycles. The molecule has 1 saturated carbocycles. The first-order valence-corrected chi connectivity index (χ1v) is 11.0. The average Bonchev–Trinajstić information content (AvgIpc) is 3.08. The number of fused-ring (bicyclic) bond motifs is 3. The molecule has 2 aliphatic carbocycles. The minimum Gasteiger partial charge on any atom is -0.479 e. The number of amides is 2. The maximum absolute atomic E-state index is 12.4. The summed E-state index contributed by atoms with van der Waals surface area (Å²) >= 11 is 0. The lowest BCUT2D eigenvalue weighted by Crippen LogP contribution is -2.59. The van der Waals surface area contributed by atoms with E-state index in [4.69, 9.17) is 9.47 Å². The van der Waals surface area contributed by atoms with Crippen LogP contribution in [0.1, 0.15) is 36.8 Å². The van der Waals surface area contributed by atoms with Gasteiger partial charge in [0.2, 0.25) is 5.91 Å². The number of aliphatic carboxylic acids is 1. The molecule has 0 spiro atoms. The highest BCUT2D eigenvalue weighted by Crippen LogP contribution is 2.44. The molecule has 2 aromatic carbocycles. The van der Waals surface area contributed by atoms with E-state index in [2.05, 4.69) is 34.9 Å². The average molecular weight is 453 g/mol. The molecule has 4 rings (SSSR count). The van der Waals surface area contributed by atoms with Crippen molar-refractivity contribution in [3.8, 4) is 11.1 Å². The quantitative estimate of drug-likeness (QED) is 0.568. The van der Waals surface area contributed by atoms with Crippen molar-refractivity contribution in [2.75, 3.05) is 20.3 Å². The summed E-state index contributed by atoms with van der Waals surface area (Å²) in [4.78, 5) is 36.2. The molecule has 8 heteroatoms. The Bertz CT molecular complexity index is 1020. The second-order valence-corrected chi connectivity index (χ2v) is 8.89. The van der Waals surface area contributed by atoms with E-state index in [0.717, 1.165) is 22.3 Å². The van der Waals surface area contributed by atoms with Gasteiger partial charge in [0.1, 0.15) is 6.61 Å². The van der Waals surface area contributed by atoms with Gasteiger partial charge in [0.05, 0.1) is 6.61 Å². The van der Waals surface area contributed by atoms with Gasteiger partial charge in [-0.05, 0) is 42.0 Å². The number of methoxy groups -OCH3 is 1. The molecule has 174 valence electrons. The van der Waals surface area contributed by atoms with Gasteiger partial charge < -0.3 is 25.2 Å². The summed E-state index contributed by atoms with van der Waals surface area (Å²) in [7, 11) is 1.38. The van der Waals surface area contributed by atoms with Crippen LogP contribution >= 0.6 is 0 Å². The second-order valence-electron chi connectivity index (χ2n) is 8.89. The number of carbonyl (C=O) groups is 3. The van der Waals surface area contributed by atoms with Gasteiger partial charge in [-0.3, -0.25) is 4.79 Å². The van der Waals surface area contributed by atoms with E-state index in [1.54, 1.807) is 0 Å². The summed E-state index contributed by atoms with van der Waals surface area (Å²) in [6.45, 7) is 1.49. The smallest absolute Gasteiger partial charge is 0.407 e. The molecule has 0 bridgehead atoms. The van der Waals surface area contributed by atoms with Crippen molar-refractivity contribution < 1.29 is 29.0 Å². The number of hydrogen-bond donors (Lipinski definition) is 3. The van der Waals surface area contributed by atoms with Crippen LogP contribution in [0.3, 0.4) is 0 Å². The molecule has 2 aromatic rings. The van der Waals surface area contributed by atoms with E-state index in [1.807, 2.05) is 24.3 Å². The Labute approximate surface area is 192 Å². The SMILES string of the molecule is COCC(C)(NC(=O)C1CC(NC(=O)OCC2c3ccccc3-c3ccccc32)C1)C(=O)O. The van der Waals surface area contributed by atoms with Crippen molar-refractivity contribution in [2.45, 2.75) is 37.3 Å². The third-order valence-corrected chi connectivity index (χ3v) is 6.48. The van der Waals surface area contributed by atoms with Crippen LogP contribution in [0, 0.1) is 5.92 Å². The van der Waals surface area contributed by atoms with Crippen molar-refractivity contribution >= 4 is 18.0 Å². The fourth-order valence-corrected chi connectivity index (χ4v) is 4.57. The number of carboxylic acids is 1. The zero-order valence-electron chi connectivity index (χ0n) is 18.7. The molecular formula is C25H28N2O6. The zero-order chi connectivity index (χ0) is 23.6. The Balaban J connectivity index is 1.27. The van der Waals surface area contributed by atoms with Gasteiger partial charge in [0.25, 0.3) is 0 Å². The number of benzene rings is 2. The summed E-state index contributed by atoms with van der Waals surface area (Å²) in [5, 5.41) is 14.7. The number of nitrogens with one attached hydrogen (secondary N) is 2. The first kappa shape index (κ1) is 22.8. The van der Waals surface area contributed by atoms with Gasteiger partial charge in [-0.25, -0.2) is 9.59 Å². The van der Waals surface area contributed by atoms with Crippen molar-refractivity contribution in [1.29, 1.82) is 0 Å².